The second-order valence-corrected chi connectivity index (χ2v) is 3.50. The highest BCUT2D eigenvalue weighted by atomic mass is 16.6. The monoisotopic (exact) mass is 198 g/mol. The fraction of sp³-hybridized carbons (Fsp3) is 0. The van der Waals surface area contributed by atoms with Gasteiger partial charge in [0, 0.05) is 5.56 Å². The summed E-state index contributed by atoms with van der Waals surface area (Å²) in [4.78, 5) is 5.30. The van der Waals surface area contributed by atoms with Gasteiger partial charge < -0.3 is 10.6 Å². The highest BCUT2D eigenvalue weighted by Crippen LogP contribution is 2.30. The van der Waals surface area contributed by atoms with Crippen LogP contribution in [0.5, 0.6) is 5.75 Å². The highest BCUT2D eigenvalue weighted by Gasteiger charge is 2.11. The number of hydroxylamine groups is 1. The lowest BCUT2D eigenvalue weighted by atomic mass is 10.0. The first-order chi connectivity index (χ1) is 7.34. The largest absolute Gasteiger partial charge is 0.383 e. The SMILES string of the molecule is NC1=Cc2c(ccc3ccccc23)ON1. The van der Waals surface area contributed by atoms with Crippen LogP contribution in [0.2, 0.25) is 0 Å². The van der Waals surface area contributed by atoms with Crippen molar-refractivity contribution in [1.29, 1.82) is 0 Å². The summed E-state index contributed by atoms with van der Waals surface area (Å²) >= 11 is 0. The van der Waals surface area contributed by atoms with E-state index in [0.29, 0.717) is 5.82 Å². The van der Waals surface area contributed by atoms with Crippen LogP contribution < -0.4 is 16.1 Å². The summed E-state index contributed by atoms with van der Waals surface area (Å²) in [6, 6.07) is 12.1. The second kappa shape index (κ2) is 2.92. The Morgan fingerprint density at radius 3 is 2.87 bits per heavy atom. The Morgan fingerprint density at radius 1 is 1.07 bits per heavy atom. The summed E-state index contributed by atoms with van der Waals surface area (Å²) in [5.74, 6) is 1.33. The van der Waals surface area contributed by atoms with Crippen LogP contribution in [0.1, 0.15) is 5.56 Å². The van der Waals surface area contributed by atoms with Gasteiger partial charge in [0.25, 0.3) is 0 Å². The van der Waals surface area contributed by atoms with Crippen molar-refractivity contribution in [3.8, 4) is 5.75 Å². The third kappa shape index (κ3) is 1.21. The van der Waals surface area contributed by atoms with Gasteiger partial charge in [-0.3, -0.25) is 0 Å². The molecule has 0 saturated carbocycles. The molecule has 3 N–H and O–H groups in total. The summed E-state index contributed by atoms with van der Waals surface area (Å²) in [6.45, 7) is 0. The maximum Gasteiger partial charge on any atom is 0.163 e. The minimum Gasteiger partial charge on any atom is -0.383 e. The maximum atomic E-state index is 5.67. The number of rotatable bonds is 0. The van der Waals surface area contributed by atoms with Crippen molar-refractivity contribution in [1.82, 2.24) is 5.48 Å². The fourth-order valence-electron chi connectivity index (χ4n) is 1.81. The van der Waals surface area contributed by atoms with Gasteiger partial charge in [-0.25, -0.2) is 5.48 Å². The molecule has 3 nitrogen and oxygen atoms in total. The number of nitrogens with two attached hydrogens (primary N) is 1. The minimum absolute atomic E-state index is 0.527. The quantitative estimate of drug-likeness (QED) is 0.680. The molecular formula is C12H10N2O. The molecule has 0 amide bonds. The van der Waals surface area contributed by atoms with Crippen molar-refractivity contribution in [2.45, 2.75) is 0 Å². The molecule has 1 aliphatic heterocycles. The molecular weight excluding hydrogens is 188 g/mol. The first-order valence-electron chi connectivity index (χ1n) is 4.76. The summed E-state index contributed by atoms with van der Waals surface area (Å²) < 4.78 is 0. The van der Waals surface area contributed by atoms with E-state index in [1.165, 1.54) is 5.39 Å². The van der Waals surface area contributed by atoms with Gasteiger partial charge in [-0.2, -0.15) is 0 Å². The van der Waals surface area contributed by atoms with E-state index in [0.717, 1.165) is 16.7 Å². The Balaban J connectivity index is 2.39. The molecule has 0 atom stereocenters. The number of benzene rings is 2. The van der Waals surface area contributed by atoms with Crippen LogP contribution >= 0.6 is 0 Å². The van der Waals surface area contributed by atoms with Crippen LogP contribution in [0.4, 0.5) is 0 Å². The van der Waals surface area contributed by atoms with Gasteiger partial charge in [0.2, 0.25) is 0 Å². The maximum absolute atomic E-state index is 5.67. The number of fused-ring (bicyclic) bond motifs is 3. The molecule has 0 spiro atoms. The topological polar surface area (TPSA) is 47.3 Å². The molecule has 0 saturated heterocycles. The van der Waals surface area contributed by atoms with Crippen molar-refractivity contribution < 1.29 is 4.84 Å². The van der Waals surface area contributed by atoms with E-state index < -0.39 is 0 Å². The standard InChI is InChI=1S/C12H10N2O/c13-12-7-10-9-4-2-1-3-8(9)5-6-11(10)15-14-12/h1-7,14H,13H2. The summed E-state index contributed by atoms with van der Waals surface area (Å²) in [5, 5.41) is 2.34. The zero-order valence-corrected chi connectivity index (χ0v) is 8.03. The average Bonchev–Trinajstić information content (AvgIpc) is 2.29. The lowest BCUT2D eigenvalue weighted by molar-refractivity contribution is 0.224. The number of nitrogens with one attached hydrogen (secondary N) is 1. The van der Waals surface area contributed by atoms with Gasteiger partial charge in [-0.1, -0.05) is 30.3 Å². The smallest absolute Gasteiger partial charge is 0.163 e. The molecule has 0 radical (unpaired) electrons. The van der Waals surface area contributed by atoms with Crippen LogP contribution in [0, 0.1) is 0 Å². The van der Waals surface area contributed by atoms with E-state index in [1.54, 1.807) is 0 Å². The summed E-state index contributed by atoms with van der Waals surface area (Å²) in [5.41, 5.74) is 9.34. The lowest BCUT2D eigenvalue weighted by Crippen LogP contribution is -2.26. The first kappa shape index (κ1) is 8.17. The van der Waals surface area contributed by atoms with Crippen molar-refractivity contribution in [2.24, 2.45) is 5.73 Å². The van der Waals surface area contributed by atoms with Gasteiger partial charge in [-0.15, -0.1) is 0 Å². The van der Waals surface area contributed by atoms with Crippen LogP contribution in [0.25, 0.3) is 16.8 Å². The predicted molar refractivity (Wildman–Crippen MR) is 59.9 cm³/mol. The zero-order valence-electron chi connectivity index (χ0n) is 8.03. The molecule has 2 aromatic rings. The Kier molecular flexibility index (Phi) is 1.59. The average molecular weight is 198 g/mol. The third-order valence-corrected chi connectivity index (χ3v) is 2.51. The highest BCUT2D eigenvalue weighted by molar-refractivity contribution is 5.93. The molecule has 3 heteroatoms. The van der Waals surface area contributed by atoms with Crippen molar-refractivity contribution >= 4 is 16.8 Å². The first-order valence-corrected chi connectivity index (χ1v) is 4.76. The van der Waals surface area contributed by atoms with Gasteiger partial charge in [-0.05, 0) is 22.9 Å². The Morgan fingerprint density at radius 2 is 1.93 bits per heavy atom. The van der Waals surface area contributed by atoms with Crippen molar-refractivity contribution in [3.05, 3.63) is 47.8 Å². The van der Waals surface area contributed by atoms with E-state index in [1.807, 2.05) is 30.3 Å². The normalized spacial score (nSPS) is 13.7. The van der Waals surface area contributed by atoms with E-state index in [2.05, 4.69) is 17.6 Å². The van der Waals surface area contributed by atoms with E-state index in [4.69, 9.17) is 10.6 Å². The minimum atomic E-state index is 0.527. The molecule has 0 aliphatic carbocycles. The molecule has 0 aromatic heterocycles. The van der Waals surface area contributed by atoms with Crippen molar-refractivity contribution in [2.75, 3.05) is 0 Å². The molecule has 0 fully saturated rings. The fourth-order valence-corrected chi connectivity index (χ4v) is 1.81. The number of hydrogen-bond acceptors (Lipinski definition) is 3. The molecule has 0 bridgehead atoms. The van der Waals surface area contributed by atoms with Gasteiger partial charge >= 0.3 is 0 Å². The van der Waals surface area contributed by atoms with Gasteiger partial charge in [0.15, 0.2) is 5.75 Å². The predicted octanol–water partition coefficient (Wildman–Crippen LogP) is 1.99. The second-order valence-electron chi connectivity index (χ2n) is 3.50. The number of hydrogen-bond donors (Lipinski definition) is 2. The molecule has 1 aliphatic rings. The van der Waals surface area contributed by atoms with Crippen LogP contribution in [-0.4, -0.2) is 0 Å². The molecule has 15 heavy (non-hydrogen) atoms. The Bertz CT molecular complexity index is 561. The molecule has 74 valence electrons. The van der Waals surface area contributed by atoms with E-state index in [9.17, 15) is 0 Å². The van der Waals surface area contributed by atoms with Gasteiger partial charge in [0.05, 0.1) is 0 Å². The lowest BCUT2D eigenvalue weighted by Gasteiger charge is -2.17. The molecule has 1 heterocycles. The van der Waals surface area contributed by atoms with Crippen molar-refractivity contribution in [3.63, 3.8) is 0 Å². The van der Waals surface area contributed by atoms with Crippen LogP contribution in [0.3, 0.4) is 0 Å². The van der Waals surface area contributed by atoms with E-state index in [-0.39, 0.29) is 0 Å². The molecule has 3 rings (SSSR count). The van der Waals surface area contributed by atoms with Crippen LogP contribution in [0.15, 0.2) is 42.2 Å². The zero-order chi connectivity index (χ0) is 10.3. The Hall–Kier alpha value is -2.16. The van der Waals surface area contributed by atoms with Crippen LogP contribution in [-0.2, 0) is 0 Å². The summed E-state index contributed by atoms with van der Waals surface area (Å²) in [7, 11) is 0. The van der Waals surface area contributed by atoms with E-state index >= 15 is 0 Å². The Labute approximate surface area is 87.1 Å². The molecule has 2 aromatic carbocycles. The molecule has 0 unspecified atom stereocenters. The van der Waals surface area contributed by atoms with Gasteiger partial charge in [0.1, 0.15) is 5.82 Å². The third-order valence-electron chi connectivity index (χ3n) is 2.51. The summed E-state index contributed by atoms with van der Waals surface area (Å²) in [6.07, 6.45) is 1.89.